The Bertz CT molecular complexity index is 284. The summed E-state index contributed by atoms with van der Waals surface area (Å²) in [5.41, 5.74) is 1.23. The Morgan fingerprint density at radius 1 is 1.31 bits per heavy atom. The van der Waals surface area contributed by atoms with Crippen molar-refractivity contribution in [1.29, 1.82) is 0 Å². The Kier molecular flexibility index (Phi) is 5.90. The van der Waals surface area contributed by atoms with Crippen molar-refractivity contribution >= 4 is 0 Å². The molecule has 0 aliphatic carbocycles. The minimum atomic E-state index is 0.234. The van der Waals surface area contributed by atoms with Crippen molar-refractivity contribution < 1.29 is 9.84 Å². The van der Waals surface area contributed by atoms with E-state index in [9.17, 15) is 0 Å². The van der Waals surface area contributed by atoms with Gasteiger partial charge in [0.1, 0.15) is 5.75 Å². The summed E-state index contributed by atoms with van der Waals surface area (Å²) in [5, 5.41) is 12.1. The maximum atomic E-state index is 8.77. The number of rotatable bonds is 7. The number of aliphatic hydroxyl groups excluding tert-OH is 1. The average molecular weight is 223 g/mol. The normalized spacial score (nSPS) is 12.4. The predicted octanol–water partition coefficient (Wildman–Crippen LogP) is 1.95. The highest BCUT2D eigenvalue weighted by molar-refractivity contribution is 5.27. The lowest BCUT2D eigenvalue weighted by atomic mass is 10.2. The van der Waals surface area contributed by atoms with Crippen LogP contribution in [0.1, 0.15) is 25.8 Å². The van der Waals surface area contributed by atoms with Crippen LogP contribution in [0.3, 0.4) is 0 Å². The standard InChI is InChI=1S/C13H21NO2/c1-3-16-13-6-4-12(5-7-13)10-14-11(2)8-9-15/h4-7,11,14-15H,3,8-10H2,1-2H3. The van der Waals surface area contributed by atoms with Crippen molar-refractivity contribution in [2.75, 3.05) is 13.2 Å². The number of hydrogen-bond donors (Lipinski definition) is 2. The Morgan fingerprint density at radius 2 is 2.00 bits per heavy atom. The molecule has 2 N–H and O–H groups in total. The maximum Gasteiger partial charge on any atom is 0.119 e. The topological polar surface area (TPSA) is 41.5 Å². The third kappa shape index (κ3) is 4.64. The van der Waals surface area contributed by atoms with Gasteiger partial charge < -0.3 is 15.2 Å². The van der Waals surface area contributed by atoms with Gasteiger partial charge in [-0.1, -0.05) is 12.1 Å². The van der Waals surface area contributed by atoms with Crippen molar-refractivity contribution in [3.63, 3.8) is 0 Å². The second-order valence-corrected chi connectivity index (χ2v) is 3.87. The molecule has 0 aromatic heterocycles. The lowest BCUT2D eigenvalue weighted by Crippen LogP contribution is -2.26. The third-order valence-electron chi connectivity index (χ3n) is 2.45. The van der Waals surface area contributed by atoms with Crippen LogP contribution in [0, 0.1) is 0 Å². The van der Waals surface area contributed by atoms with E-state index < -0.39 is 0 Å². The van der Waals surface area contributed by atoms with Gasteiger partial charge in [0.15, 0.2) is 0 Å². The summed E-state index contributed by atoms with van der Waals surface area (Å²) in [7, 11) is 0. The molecule has 90 valence electrons. The van der Waals surface area contributed by atoms with Crippen LogP contribution in [-0.4, -0.2) is 24.4 Å². The Hall–Kier alpha value is -1.06. The zero-order chi connectivity index (χ0) is 11.8. The van der Waals surface area contributed by atoms with E-state index in [1.807, 2.05) is 19.1 Å². The molecule has 0 heterocycles. The maximum absolute atomic E-state index is 8.77. The molecule has 0 saturated heterocycles. The summed E-state index contributed by atoms with van der Waals surface area (Å²) < 4.78 is 5.37. The number of aliphatic hydroxyl groups is 1. The molecular formula is C13H21NO2. The molecule has 3 nitrogen and oxygen atoms in total. The molecule has 1 aromatic rings. The minimum absolute atomic E-state index is 0.234. The molecule has 0 spiro atoms. The van der Waals surface area contributed by atoms with E-state index in [-0.39, 0.29) is 6.61 Å². The molecule has 0 saturated carbocycles. The highest BCUT2D eigenvalue weighted by Gasteiger charge is 2.00. The van der Waals surface area contributed by atoms with Crippen LogP contribution in [0.4, 0.5) is 0 Å². The van der Waals surface area contributed by atoms with Crippen LogP contribution >= 0.6 is 0 Å². The van der Waals surface area contributed by atoms with E-state index in [0.717, 1.165) is 18.7 Å². The van der Waals surface area contributed by atoms with Gasteiger partial charge in [-0.3, -0.25) is 0 Å². The third-order valence-corrected chi connectivity index (χ3v) is 2.45. The summed E-state index contributed by atoms with van der Waals surface area (Å²) in [6.07, 6.45) is 0.789. The first kappa shape index (κ1) is 13.0. The van der Waals surface area contributed by atoms with Gasteiger partial charge in [0.05, 0.1) is 6.61 Å². The van der Waals surface area contributed by atoms with Gasteiger partial charge in [-0.05, 0) is 38.0 Å². The molecular weight excluding hydrogens is 202 g/mol. The monoisotopic (exact) mass is 223 g/mol. The highest BCUT2D eigenvalue weighted by atomic mass is 16.5. The van der Waals surface area contributed by atoms with Gasteiger partial charge in [0.25, 0.3) is 0 Å². The van der Waals surface area contributed by atoms with Gasteiger partial charge in [-0.25, -0.2) is 0 Å². The molecule has 1 atom stereocenters. The van der Waals surface area contributed by atoms with Crippen LogP contribution in [-0.2, 0) is 6.54 Å². The quantitative estimate of drug-likeness (QED) is 0.742. The first-order valence-electron chi connectivity index (χ1n) is 5.82. The fourth-order valence-corrected chi connectivity index (χ4v) is 1.46. The molecule has 1 rings (SSSR count). The molecule has 0 amide bonds. The molecule has 0 radical (unpaired) electrons. The summed E-state index contributed by atoms with van der Waals surface area (Å²) in [4.78, 5) is 0. The number of benzene rings is 1. The van der Waals surface area contributed by atoms with Crippen LogP contribution in [0.2, 0.25) is 0 Å². The number of ether oxygens (including phenoxy) is 1. The first-order valence-corrected chi connectivity index (χ1v) is 5.82. The summed E-state index contributed by atoms with van der Waals surface area (Å²) >= 11 is 0. The van der Waals surface area contributed by atoms with Crippen molar-refractivity contribution in [3.8, 4) is 5.75 Å². The fourth-order valence-electron chi connectivity index (χ4n) is 1.46. The Balaban J connectivity index is 2.37. The lowest BCUT2D eigenvalue weighted by molar-refractivity contribution is 0.268. The molecule has 16 heavy (non-hydrogen) atoms. The highest BCUT2D eigenvalue weighted by Crippen LogP contribution is 2.12. The molecule has 3 heteroatoms. The molecule has 1 aromatic carbocycles. The van der Waals surface area contributed by atoms with Crippen molar-refractivity contribution in [2.45, 2.75) is 32.9 Å². The van der Waals surface area contributed by atoms with Crippen LogP contribution in [0.5, 0.6) is 5.75 Å². The number of nitrogens with one attached hydrogen (secondary N) is 1. The van der Waals surface area contributed by atoms with E-state index in [4.69, 9.17) is 9.84 Å². The van der Waals surface area contributed by atoms with Crippen LogP contribution in [0.25, 0.3) is 0 Å². The van der Waals surface area contributed by atoms with E-state index in [0.29, 0.717) is 12.6 Å². The van der Waals surface area contributed by atoms with E-state index in [1.165, 1.54) is 5.56 Å². The largest absolute Gasteiger partial charge is 0.494 e. The van der Waals surface area contributed by atoms with Crippen molar-refractivity contribution in [1.82, 2.24) is 5.32 Å². The zero-order valence-corrected chi connectivity index (χ0v) is 10.1. The summed E-state index contributed by atoms with van der Waals surface area (Å²) in [5.74, 6) is 0.912. The second kappa shape index (κ2) is 7.25. The fraction of sp³-hybridized carbons (Fsp3) is 0.538. The zero-order valence-electron chi connectivity index (χ0n) is 10.1. The molecule has 0 fully saturated rings. The van der Waals surface area contributed by atoms with Gasteiger partial charge in [0.2, 0.25) is 0 Å². The van der Waals surface area contributed by atoms with Crippen LogP contribution in [0.15, 0.2) is 24.3 Å². The molecule has 0 aliphatic heterocycles. The number of hydrogen-bond acceptors (Lipinski definition) is 3. The Labute approximate surface area is 97.4 Å². The van der Waals surface area contributed by atoms with Crippen molar-refractivity contribution in [3.05, 3.63) is 29.8 Å². The minimum Gasteiger partial charge on any atom is -0.494 e. The van der Waals surface area contributed by atoms with Crippen molar-refractivity contribution in [2.24, 2.45) is 0 Å². The molecule has 1 unspecified atom stereocenters. The first-order chi connectivity index (χ1) is 7.76. The summed E-state index contributed by atoms with van der Waals surface area (Å²) in [6.45, 7) is 5.81. The van der Waals surface area contributed by atoms with Crippen LogP contribution < -0.4 is 10.1 Å². The van der Waals surface area contributed by atoms with Gasteiger partial charge in [-0.15, -0.1) is 0 Å². The SMILES string of the molecule is CCOc1ccc(CNC(C)CCO)cc1. The van der Waals surface area contributed by atoms with Gasteiger partial charge in [0, 0.05) is 19.2 Å². The Morgan fingerprint density at radius 3 is 2.56 bits per heavy atom. The van der Waals surface area contributed by atoms with E-state index >= 15 is 0 Å². The van der Waals surface area contributed by atoms with Gasteiger partial charge in [-0.2, -0.15) is 0 Å². The predicted molar refractivity (Wildman–Crippen MR) is 65.6 cm³/mol. The average Bonchev–Trinajstić information content (AvgIpc) is 2.29. The summed E-state index contributed by atoms with van der Waals surface area (Å²) in [6, 6.07) is 8.43. The van der Waals surface area contributed by atoms with Gasteiger partial charge >= 0.3 is 0 Å². The second-order valence-electron chi connectivity index (χ2n) is 3.87. The lowest BCUT2D eigenvalue weighted by Gasteiger charge is -2.12. The molecule has 0 bridgehead atoms. The molecule has 0 aliphatic rings. The van der Waals surface area contributed by atoms with E-state index in [1.54, 1.807) is 0 Å². The smallest absolute Gasteiger partial charge is 0.119 e. The van der Waals surface area contributed by atoms with E-state index in [2.05, 4.69) is 24.4 Å².